The molecule has 0 aliphatic heterocycles. The van der Waals surface area contributed by atoms with Gasteiger partial charge in [0, 0.05) is 5.69 Å². The number of nitriles is 1. The minimum Gasteiger partial charge on any atom is -0.495 e. The number of hydrogen-bond donors (Lipinski definition) is 3. The van der Waals surface area contributed by atoms with Gasteiger partial charge in [0.05, 0.1) is 18.5 Å². The maximum absolute atomic E-state index is 12.7. The number of benzene rings is 2. The molecule has 0 unspecified atom stereocenters. The summed E-state index contributed by atoms with van der Waals surface area (Å²) >= 11 is 1.13. The second-order valence-electron chi connectivity index (χ2n) is 5.31. The average Bonchev–Trinajstić information content (AvgIpc) is 2.98. The average molecular weight is 364 g/mol. The topological polar surface area (TPSA) is 100 Å². The third kappa shape index (κ3) is 3.45. The van der Waals surface area contributed by atoms with E-state index in [1.165, 1.54) is 7.11 Å². The summed E-state index contributed by atoms with van der Waals surface area (Å²) in [5.41, 5.74) is 7.80. The molecule has 0 aliphatic carbocycles. The van der Waals surface area contributed by atoms with Crippen molar-refractivity contribution in [3.05, 3.63) is 65.0 Å². The number of thiophene rings is 1. The van der Waals surface area contributed by atoms with Crippen molar-refractivity contribution in [2.24, 2.45) is 0 Å². The van der Waals surface area contributed by atoms with Crippen LogP contribution in [-0.4, -0.2) is 13.0 Å². The Balaban J connectivity index is 1.90. The van der Waals surface area contributed by atoms with Crippen LogP contribution in [0.15, 0.2) is 54.6 Å². The Morgan fingerprint density at radius 3 is 2.54 bits per heavy atom. The molecule has 26 heavy (non-hydrogen) atoms. The first-order valence-electron chi connectivity index (χ1n) is 7.73. The number of nitrogens with zero attached hydrogens (tertiary/aromatic N) is 1. The van der Waals surface area contributed by atoms with E-state index in [2.05, 4.69) is 16.7 Å². The Morgan fingerprint density at radius 1 is 1.15 bits per heavy atom. The highest BCUT2D eigenvalue weighted by molar-refractivity contribution is 7.19. The van der Waals surface area contributed by atoms with E-state index in [1.54, 1.807) is 18.2 Å². The van der Waals surface area contributed by atoms with Crippen molar-refractivity contribution in [3.63, 3.8) is 0 Å². The normalized spacial score (nSPS) is 10.0. The van der Waals surface area contributed by atoms with Gasteiger partial charge in [0.25, 0.3) is 5.91 Å². The molecule has 0 saturated carbocycles. The highest BCUT2D eigenvalue weighted by Crippen LogP contribution is 2.37. The van der Waals surface area contributed by atoms with Crippen molar-refractivity contribution in [1.82, 2.24) is 0 Å². The Labute approximate surface area is 154 Å². The van der Waals surface area contributed by atoms with Crippen LogP contribution in [0, 0.1) is 11.3 Å². The number of amides is 1. The predicted molar refractivity (Wildman–Crippen MR) is 104 cm³/mol. The Hall–Kier alpha value is -3.50. The van der Waals surface area contributed by atoms with Crippen molar-refractivity contribution >= 4 is 39.3 Å². The highest BCUT2D eigenvalue weighted by atomic mass is 32.1. The number of carbonyl (C=O) groups excluding carboxylic acids is 1. The Bertz CT molecular complexity index is 977. The molecule has 1 heterocycles. The maximum Gasteiger partial charge on any atom is 0.268 e. The van der Waals surface area contributed by atoms with Gasteiger partial charge in [-0.15, -0.1) is 11.3 Å². The monoisotopic (exact) mass is 364 g/mol. The molecular formula is C19H16N4O2S. The number of anilines is 4. The number of nitrogen functional groups attached to an aromatic ring is 1. The van der Waals surface area contributed by atoms with E-state index in [1.807, 2.05) is 36.4 Å². The van der Waals surface area contributed by atoms with Gasteiger partial charge in [-0.2, -0.15) is 5.26 Å². The third-order valence-corrected chi connectivity index (χ3v) is 4.77. The number of nitrogens with two attached hydrogens (primary N) is 1. The summed E-state index contributed by atoms with van der Waals surface area (Å²) in [4.78, 5) is 12.9. The van der Waals surface area contributed by atoms with E-state index in [0.29, 0.717) is 16.4 Å². The van der Waals surface area contributed by atoms with Gasteiger partial charge in [-0.3, -0.25) is 4.79 Å². The lowest BCUT2D eigenvalue weighted by molar-refractivity contribution is 0.103. The second-order valence-corrected chi connectivity index (χ2v) is 6.33. The van der Waals surface area contributed by atoms with Crippen LogP contribution < -0.4 is 21.1 Å². The van der Waals surface area contributed by atoms with Crippen LogP contribution in [0.5, 0.6) is 5.75 Å². The standard InChI is InChI=1S/C19H16N4O2S/c1-25-15-10-6-5-9-14(15)23-18(24)17-16(21)13(11-20)19(26-17)22-12-7-3-2-4-8-12/h2-10,22H,21H2,1H3,(H,23,24). The Kier molecular flexibility index (Phi) is 5.06. The molecule has 1 amide bonds. The molecule has 0 spiro atoms. The zero-order chi connectivity index (χ0) is 18.5. The van der Waals surface area contributed by atoms with Crippen LogP contribution in [0.1, 0.15) is 15.2 Å². The van der Waals surface area contributed by atoms with Gasteiger partial charge < -0.3 is 21.1 Å². The molecule has 2 aromatic carbocycles. The lowest BCUT2D eigenvalue weighted by Crippen LogP contribution is -2.12. The van der Waals surface area contributed by atoms with Crippen LogP contribution in [0.25, 0.3) is 0 Å². The summed E-state index contributed by atoms with van der Waals surface area (Å²) in [6, 6.07) is 18.5. The molecule has 4 N–H and O–H groups in total. The highest BCUT2D eigenvalue weighted by Gasteiger charge is 2.22. The number of nitrogens with one attached hydrogen (secondary N) is 2. The van der Waals surface area contributed by atoms with Crippen molar-refractivity contribution in [2.45, 2.75) is 0 Å². The quantitative estimate of drug-likeness (QED) is 0.630. The largest absolute Gasteiger partial charge is 0.495 e. The third-order valence-electron chi connectivity index (χ3n) is 3.65. The van der Waals surface area contributed by atoms with Gasteiger partial charge in [0.15, 0.2) is 0 Å². The summed E-state index contributed by atoms with van der Waals surface area (Å²) in [5, 5.41) is 15.9. The number of rotatable bonds is 5. The van der Waals surface area contributed by atoms with E-state index in [9.17, 15) is 10.1 Å². The molecule has 1 aromatic heterocycles. The first-order chi connectivity index (χ1) is 12.6. The van der Waals surface area contributed by atoms with Crippen LogP contribution >= 0.6 is 11.3 Å². The summed E-state index contributed by atoms with van der Waals surface area (Å²) in [5.74, 6) is 0.147. The van der Waals surface area contributed by atoms with E-state index in [0.717, 1.165) is 17.0 Å². The molecule has 0 radical (unpaired) electrons. The SMILES string of the molecule is COc1ccccc1NC(=O)c1sc(Nc2ccccc2)c(C#N)c1N. The zero-order valence-corrected chi connectivity index (χ0v) is 14.8. The Morgan fingerprint density at radius 2 is 1.85 bits per heavy atom. The lowest BCUT2D eigenvalue weighted by atomic mass is 10.2. The van der Waals surface area contributed by atoms with Gasteiger partial charge in [-0.1, -0.05) is 30.3 Å². The second kappa shape index (κ2) is 7.59. The number of methoxy groups -OCH3 is 1. The molecule has 0 saturated heterocycles. The fourth-order valence-corrected chi connectivity index (χ4v) is 3.38. The van der Waals surface area contributed by atoms with Crippen molar-refractivity contribution in [2.75, 3.05) is 23.5 Å². The van der Waals surface area contributed by atoms with Gasteiger partial charge >= 0.3 is 0 Å². The summed E-state index contributed by atoms with van der Waals surface area (Å²) in [7, 11) is 1.53. The first kappa shape index (κ1) is 17.3. The van der Waals surface area contributed by atoms with E-state index in [4.69, 9.17) is 10.5 Å². The fourth-order valence-electron chi connectivity index (χ4n) is 2.39. The molecule has 0 bridgehead atoms. The molecule has 3 rings (SSSR count). The minimum absolute atomic E-state index is 0.156. The zero-order valence-electron chi connectivity index (χ0n) is 13.9. The van der Waals surface area contributed by atoms with Crippen LogP contribution in [0.4, 0.5) is 22.1 Å². The summed E-state index contributed by atoms with van der Waals surface area (Å²) in [6.07, 6.45) is 0. The molecule has 130 valence electrons. The van der Waals surface area contributed by atoms with Crippen molar-refractivity contribution in [1.29, 1.82) is 5.26 Å². The lowest BCUT2D eigenvalue weighted by Gasteiger charge is -2.09. The van der Waals surface area contributed by atoms with Gasteiger partial charge in [0.1, 0.15) is 27.3 Å². The molecule has 7 heteroatoms. The minimum atomic E-state index is -0.394. The molecule has 3 aromatic rings. The number of para-hydroxylation sites is 3. The first-order valence-corrected chi connectivity index (χ1v) is 8.54. The van der Waals surface area contributed by atoms with E-state index >= 15 is 0 Å². The van der Waals surface area contributed by atoms with Crippen LogP contribution in [0.2, 0.25) is 0 Å². The van der Waals surface area contributed by atoms with Crippen molar-refractivity contribution in [3.8, 4) is 11.8 Å². The molecule has 0 atom stereocenters. The van der Waals surface area contributed by atoms with Crippen molar-refractivity contribution < 1.29 is 9.53 Å². The number of carbonyl (C=O) groups is 1. The maximum atomic E-state index is 12.7. The molecule has 0 fully saturated rings. The van der Waals surface area contributed by atoms with E-state index in [-0.39, 0.29) is 16.1 Å². The fraction of sp³-hybridized carbons (Fsp3) is 0.0526. The number of hydrogen-bond acceptors (Lipinski definition) is 6. The molecular weight excluding hydrogens is 348 g/mol. The van der Waals surface area contributed by atoms with E-state index < -0.39 is 5.91 Å². The van der Waals surface area contributed by atoms with Crippen LogP contribution in [0.3, 0.4) is 0 Å². The summed E-state index contributed by atoms with van der Waals surface area (Å²) in [6.45, 7) is 0. The van der Waals surface area contributed by atoms with Crippen LogP contribution in [-0.2, 0) is 0 Å². The van der Waals surface area contributed by atoms with Gasteiger partial charge in [0.2, 0.25) is 0 Å². The smallest absolute Gasteiger partial charge is 0.268 e. The van der Waals surface area contributed by atoms with Gasteiger partial charge in [-0.05, 0) is 24.3 Å². The van der Waals surface area contributed by atoms with Gasteiger partial charge in [-0.25, -0.2) is 0 Å². The summed E-state index contributed by atoms with van der Waals surface area (Å²) < 4.78 is 5.23. The molecule has 6 nitrogen and oxygen atoms in total. The predicted octanol–water partition coefficient (Wildman–Crippen LogP) is 4.21. The molecule has 0 aliphatic rings. The number of ether oxygens (including phenoxy) is 1.